The fraction of sp³-hybridized carbons (Fsp3) is 0.538. The van der Waals surface area contributed by atoms with Crippen molar-refractivity contribution in [3.05, 3.63) is 34.1 Å². The third-order valence-electron chi connectivity index (χ3n) is 3.08. The number of hydrogen-bond acceptors (Lipinski definition) is 4. The molecule has 0 unspecified atom stereocenters. The summed E-state index contributed by atoms with van der Waals surface area (Å²) in [6.07, 6.45) is 4.17. The first-order valence-corrected chi connectivity index (χ1v) is 6.15. The minimum Gasteiger partial charge on any atom is -0.481 e. The first-order valence-electron chi connectivity index (χ1n) is 6.15. The minimum absolute atomic E-state index is 0.0178. The quantitative estimate of drug-likeness (QED) is 0.465. The molecule has 19 heavy (non-hydrogen) atoms. The monoisotopic (exact) mass is 266 g/mol. The molecule has 6 heteroatoms. The predicted octanol–water partition coefficient (Wildman–Crippen LogP) is 2.81. The lowest BCUT2D eigenvalue weighted by molar-refractivity contribution is -0.385. The molecule has 0 aliphatic heterocycles. The molecule has 0 aliphatic carbocycles. The minimum atomic E-state index is -0.791. The molecule has 1 aromatic heterocycles. The van der Waals surface area contributed by atoms with E-state index in [0.29, 0.717) is 12.8 Å². The van der Waals surface area contributed by atoms with Gasteiger partial charge in [0, 0.05) is 11.8 Å². The Hall–Kier alpha value is -1.98. The summed E-state index contributed by atoms with van der Waals surface area (Å²) >= 11 is 0. The normalized spacial score (nSPS) is 11.3. The summed E-state index contributed by atoms with van der Waals surface area (Å²) in [5.74, 6) is -0.791. The molecular weight excluding hydrogens is 248 g/mol. The Morgan fingerprint density at radius 3 is 2.58 bits per heavy atom. The molecule has 6 nitrogen and oxygen atoms in total. The average Bonchev–Trinajstić information content (AvgIpc) is 2.35. The number of aliphatic carboxylic acids is 1. The van der Waals surface area contributed by atoms with Gasteiger partial charge < -0.3 is 5.11 Å². The van der Waals surface area contributed by atoms with Gasteiger partial charge in [0.2, 0.25) is 0 Å². The van der Waals surface area contributed by atoms with Crippen LogP contribution in [-0.4, -0.2) is 21.0 Å². The first-order chi connectivity index (χ1) is 8.83. The second-order valence-corrected chi connectivity index (χ2v) is 5.16. The van der Waals surface area contributed by atoms with Crippen LogP contribution in [0.5, 0.6) is 0 Å². The molecular formula is C13H18N2O4. The number of carbonyl (C=O) groups is 1. The van der Waals surface area contributed by atoms with Crippen molar-refractivity contribution in [2.24, 2.45) is 5.41 Å². The van der Waals surface area contributed by atoms with Gasteiger partial charge in [-0.15, -0.1) is 0 Å². The summed E-state index contributed by atoms with van der Waals surface area (Å²) in [4.78, 5) is 24.9. The maximum Gasteiger partial charge on any atom is 0.309 e. The van der Waals surface area contributed by atoms with Gasteiger partial charge in [-0.1, -0.05) is 6.42 Å². The number of aryl methyl sites for hydroxylation is 1. The fourth-order valence-corrected chi connectivity index (χ4v) is 1.65. The molecule has 0 bridgehead atoms. The summed E-state index contributed by atoms with van der Waals surface area (Å²) in [5.41, 5.74) is 0.0672. The molecule has 0 saturated carbocycles. The molecule has 1 heterocycles. The van der Waals surface area contributed by atoms with Crippen molar-refractivity contribution >= 4 is 11.7 Å². The van der Waals surface area contributed by atoms with E-state index in [0.717, 1.165) is 18.5 Å². The van der Waals surface area contributed by atoms with Gasteiger partial charge in [-0.2, -0.15) is 0 Å². The molecule has 0 radical (unpaired) electrons. The highest BCUT2D eigenvalue weighted by atomic mass is 16.6. The van der Waals surface area contributed by atoms with E-state index in [1.54, 1.807) is 19.9 Å². The number of pyridine rings is 1. The highest BCUT2D eigenvalue weighted by molar-refractivity contribution is 5.73. The van der Waals surface area contributed by atoms with Gasteiger partial charge in [0.1, 0.15) is 6.20 Å². The third kappa shape index (κ3) is 4.65. The van der Waals surface area contributed by atoms with Crippen LogP contribution in [0.3, 0.4) is 0 Å². The predicted molar refractivity (Wildman–Crippen MR) is 69.9 cm³/mol. The molecule has 0 saturated heterocycles. The zero-order chi connectivity index (χ0) is 14.5. The fourth-order valence-electron chi connectivity index (χ4n) is 1.65. The SMILES string of the molecule is CC(C)(CCCCc1ccc([N+](=O)[O-])cn1)C(=O)O. The van der Waals surface area contributed by atoms with Gasteiger partial charge in [0.15, 0.2) is 0 Å². The Bertz CT molecular complexity index is 454. The standard InChI is InChI=1S/C13H18N2O4/c1-13(2,12(16)17)8-4-3-5-10-6-7-11(9-14-10)15(18)19/h6-7,9H,3-5,8H2,1-2H3,(H,16,17). The van der Waals surface area contributed by atoms with Crippen LogP contribution in [0.2, 0.25) is 0 Å². The molecule has 1 N–H and O–H groups in total. The van der Waals surface area contributed by atoms with Crippen LogP contribution in [0.25, 0.3) is 0 Å². The molecule has 0 spiro atoms. The van der Waals surface area contributed by atoms with Crippen molar-refractivity contribution in [1.82, 2.24) is 4.98 Å². The van der Waals surface area contributed by atoms with E-state index in [1.807, 2.05) is 0 Å². The Labute approximate surface area is 111 Å². The number of carboxylic acids is 1. The maximum atomic E-state index is 10.9. The van der Waals surface area contributed by atoms with Crippen LogP contribution in [0.15, 0.2) is 18.3 Å². The van der Waals surface area contributed by atoms with Crippen molar-refractivity contribution in [1.29, 1.82) is 0 Å². The van der Waals surface area contributed by atoms with E-state index in [4.69, 9.17) is 5.11 Å². The summed E-state index contributed by atoms with van der Waals surface area (Å²) in [6.45, 7) is 3.42. The van der Waals surface area contributed by atoms with E-state index in [1.165, 1.54) is 12.3 Å². The lowest BCUT2D eigenvalue weighted by Gasteiger charge is -2.18. The van der Waals surface area contributed by atoms with Crippen LogP contribution in [0, 0.1) is 15.5 Å². The number of nitrogens with zero attached hydrogens (tertiary/aromatic N) is 2. The molecule has 1 aromatic rings. The molecule has 1 rings (SSSR count). The van der Waals surface area contributed by atoms with Crippen molar-refractivity contribution in [3.8, 4) is 0 Å². The summed E-state index contributed by atoms with van der Waals surface area (Å²) in [7, 11) is 0. The van der Waals surface area contributed by atoms with Gasteiger partial charge in [-0.3, -0.25) is 19.9 Å². The van der Waals surface area contributed by atoms with Crippen LogP contribution < -0.4 is 0 Å². The van der Waals surface area contributed by atoms with Crippen LogP contribution >= 0.6 is 0 Å². The van der Waals surface area contributed by atoms with E-state index in [-0.39, 0.29) is 5.69 Å². The highest BCUT2D eigenvalue weighted by Gasteiger charge is 2.25. The van der Waals surface area contributed by atoms with Crippen LogP contribution in [-0.2, 0) is 11.2 Å². The van der Waals surface area contributed by atoms with E-state index in [9.17, 15) is 14.9 Å². The summed E-state index contributed by atoms with van der Waals surface area (Å²) in [6, 6.07) is 3.07. The van der Waals surface area contributed by atoms with E-state index < -0.39 is 16.3 Å². The number of hydrogen-bond donors (Lipinski definition) is 1. The van der Waals surface area contributed by atoms with Gasteiger partial charge >= 0.3 is 5.97 Å². The Kier molecular flexibility index (Phi) is 4.97. The maximum absolute atomic E-state index is 10.9. The van der Waals surface area contributed by atoms with Crippen molar-refractivity contribution < 1.29 is 14.8 Å². The summed E-state index contributed by atoms with van der Waals surface area (Å²) in [5, 5.41) is 19.4. The first kappa shape index (κ1) is 15.1. The number of nitro groups is 1. The third-order valence-corrected chi connectivity index (χ3v) is 3.08. The number of carboxylic acid groups (broad SMARTS) is 1. The van der Waals surface area contributed by atoms with Crippen molar-refractivity contribution in [2.75, 3.05) is 0 Å². The molecule has 0 amide bonds. The van der Waals surface area contributed by atoms with E-state index >= 15 is 0 Å². The Morgan fingerprint density at radius 2 is 2.11 bits per heavy atom. The van der Waals surface area contributed by atoms with Crippen molar-refractivity contribution in [2.45, 2.75) is 39.5 Å². The molecule has 0 aliphatic rings. The average molecular weight is 266 g/mol. The number of unbranched alkanes of at least 4 members (excludes halogenated alkanes) is 1. The van der Waals surface area contributed by atoms with Gasteiger partial charge in [0.05, 0.1) is 10.3 Å². The molecule has 0 fully saturated rings. The van der Waals surface area contributed by atoms with Gasteiger partial charge in [-0.05, 0) is 39.2 Å². The van der Waals surface area contributed by atoms with E-state index in [2.05, 4.69) is 4.98 Å². The lowest BCUT2D eigenvalue weighted by atomic mass is 9.87. The highest BCUT2D eigenvalue weighted by Crippen LogP contribution is 2.23. The Morgan fingerprint density at radius 1 is 1.42 bits per heavy atom. The smallest absolute Gasteiger partial charge is 0.309 e. The molecule has 0 aromatic carbocycles. The van der Waals surface area contributed by atoms with Gasteiger partial charge in [0.25, 0.3) is 5.69 Å². The number of rotatable bonds is 7. The van der Waals surface area contributed by atoms with Gasteiger partial charge in [-0.25, -0.2) is 0 Å². The zero-order valence-corrected chi connectivity index (χ0v) is 11.1. The van der Waals surface area contributed by atoms with Crippen molar-refractivity contribution in [3.63, 3.8) is 0 Å². The second kappa shape index (κ2) is 6.26. The largest absolute Gasteiger partial charge is 0.481 e. The molecule has 0 atom stereocenters. The molecule has 104 valence electrons. The second-order valence-electron chi connectivity index (χ2n) is 5.16. The van der Waals surface area contributed by atoms with Crippen LogP contribution in [0.4, 0.5) is 5.69 Å². The zero-order valence-electron chi connectivity index (χ0n) is 11.1. The Balaban J connectivity index is 2.38. The lowest BCUT2D eigenvalue weighted by Crippen LogP contribution is -2.23. The topological polar surface area (TPSA) is 93.3 Å². The summed E-state index contributed by atoms with van der Waals surface area (Å²) < 4.78 is 0. The number of aromatic nitrogens is 1. The van der Waals surface area contributed by atoms with Crippen LogP contribution in [0.1, 0.15) is 38.8 Å².